The molecule has 178 valence electrons. The number of aromatic nitrogens is 2. The minimum absolute atomic E-state index is 0.0363. The van der Waals surface area contributed by atoms with Crippen LogP contribution in [-0.4, -0.2) is 52.7 Å². The number of amides is 2. The van der Waals surface area contributed by atoms with Crippen LogP contribution in [0.2, 0.25) is 5.02 Å². The molecule has 1 saturated heterocycles. The number of hydrogen-bond donors (Lipinski definition) is 1. The van der Waals surface area contributed by atoms with Crippen LogP contribution < -0.4 is 10.1 Å². The number of hydrogen-bond acceptors (Lipinski definition) is 4. The van der Waals surface area contributed by atoms with Gasteiger partial charge >= 0.3 is 0 Å². The number of fused-ring (bicyclic) bond motifs is 1. The van der Waals surface area contributed by atoms with E-state index in [1.807, 2.05) is 29.6 Å². The van der Waals surface area contributed by atoms with Gasteiger partial charge in [-0.15, -0.1) is 0 Å². The average molecular weight is 473 g/mol. The Morgan fingerprint density at radius 1 is 1.24 bits per heavy atom. The van der Waals surface area contributed by atoms with Crippen molar-refractivity contribution < 1.29 is 14.3 Å². The lowest BCUT2D eigenvalue weighted by molar-refractivity contribution is 0.0468. The molecule has 1 N–H and O–H groups in total. The van der Waals surface area contributed by atoms with Gasteiger partial charge in [-0.2, -0.15) is 5.10 Å². The van der Waals surface area contributed by atoms with Gasteiger partial charge in [0, 0.05) is 42.8 Å². The molecule has 2 aliphatic rings. The molecular formula is C25H33ClN4O3. The van der Waals surface area contributed by atoms with Crippen molar-refractivity contribution in [3.05, 3.63) is 46.2 Å². The molecule has 4 rings (SSSR count). The third-order valence-electron chi connectivity index (χ3n) is 6.87. The second-order valence-corrected chi connectivity index (χ2v) is 9.73. The van der Waals surface area contributed by atoms with Gasteiger partial charge in [0.15, 0.2) is 0 Å². The predicted octanol–water partition coefficient (Wildman–Crippen LogP) is 4.47. The lowest BCUT2D eigenvalue weighted by Gasteiger charge is -2.43. The molecule has 1 fully saturated rings. The number of piperidine rings is 1. The average Bonchev–Trinajstić information content (AvgIpc) is 3.20. The molecule has 0 radical (unpaired) electrons. The molecule has 8 heteroatoms. The van der Waals surface area contributed by atoms with Crippen LogP contribution >= 0.6 is 11.6 Å². The number of carbonyl (C=O) groups is 2. The number of aryl methyl sites for hydroxylation is 2. The summed E-state index contributed by atoms with van der Waals surface area (Å²) in [6.45, 7) is 7.11. The van der Waals surface area contributed by atoms with Crippen molar-refractivity contribution in [3.63, 3.8) is 0 Å². The Morgan fingerprint density at radius 2 is 2.06 bits per heavy atom. The number of nitrogens with zero attached hydrogens (tertiary/aromatic N) is 3. The van der Waals surface area contributed by atoms with E-state index in [1.54, 1.807) is 18.2 Å². The summed E-state index contributed by atoms with van der Waals surface area (Å²) in [4.78, 5) is 28.4. The summed E-state index contributed by atoms with van der Waals surface area (Å²) in [6, 6.07) is 5.17. The van der Waals surface area contributed by atoms with Gasteiger partial charge in [0.1, 0.15) is 5.75 Å². The Labute approximate surface area is 200 Å². The molecule has 1 aromatic carbocycles. The molecule has 33 heavy (non-hydrogen) atoms. The van der Waals surface area contributed by atoms with Crippen molar-refractivity contribution in [3.8, 4) is 5.75 Å². The molecular weight excluding hydrogens is 440 g/mol. The van der Waals surface area contributed by atoms with Gasteiger partial charge < -0.3 is 15.0 Å². The third kappa shape index (κ3) is 5.35. The lowest BCUT2D eigenvalue weighted by Crippen LogP contribution is -2.51. The van der Waals surface area contributed by atoms with E-state index in [-0.39, 0.29) is 17.2 Å². The molecule has 2 amide bonds. The van der Waals surface area contributed by atoms with Gasteiger partial charge in [-0.05, 0) is 57.7 Å². The van der Waals surface area contributed by atoms with Crippen LogP contribution in [0.25, 0.3) is 0 Å². The summed E-state index contributed by atoms with van der Waals surface area (Å²) < 4.78 is 7.67. The Balaban J connectivity index is 1.54. The molecule has 1 unspecified atom stereocenters. The minimum Gasteiger partial charge on any atom is -0.493 e. The minimum atomic E-state index is -0.184. The van der Waals surface area contributed by atoms with Gasteiger partial charge in [-0.25, -0.2) is 0 Å². The first-order valence-electron chi connectivity index (χ1n) is 11.9. The van der Waals surface area contributed by atoms with E-state index in [0.717, 1.165) is 57.3 Å². The zero-order valence-corrected chi connectivity index (χ0v) is 20.3. The number of rotatable bonds is 2. The van der Waals surface area contributed by atoms with Crippen molar-refractivity contribution >= 4 is 23.4 Å². The van der Waals surface area contributed by atoms with E-state index in [1.165, 1.54) is 0 Å². The van der Waals surface area contributed by atoms with Crippen LogP contribution in [0, 0.1) is 12.3 Å². The van der Waals surface area contributed by atoms with Crippen molar-refractivity contribution in [1.82, 2.24) is 20.0 Å². The fourth-order valence-corrected chi connectivity index (χ4v) is 5.18. The zero-order chi connectivity index (χ0) is 23.4. The smallest absolute Gasteiger partial charge is 0.257 e. The van der Waals surface area contributed by atoms with Crippen molar-refractivity contribution in [2.75, 3.05) is 26.2 Å². The third-order valence-corrected chi connectivity index (χ3v) is 7.10. The molecule has 1 atom stereocenters. The molecule has 0 aliphatic carbocycles. The van der Waals surface area contributed by atoms with Gasteiger partial charge in [-0.1, -0.05) is 24.4 Å². The fraction of sp³-hybridized carbons (Fsp3) is 0.560. The summed E-state index contributed by atoms with van der Waals surface area (Å²) in [5.41, 5.74) is 1.76. The second-order valence-electron chi connectivity index (χ2n) is 9.30. The number of nitrogens with one attached hydrogen (secondary N) is 1. The first kappa shape index (κ1) is 23.6. The van der Waals surface area contributed by atoms with Gasteiger partial charge in [0.2, 0.25) is 0 Å². The quantitative estimate of drug-likeness (QED) is 0.699. The Hall–Kier alpha value is -2.54. The monoisotopic (exact) mass is 472 g/mol. The number of benzene rings is 1. The van der Waals surface area contributed by atoms with E-state index >= 15 is 0 Å². The summed E-state index contributed by atoms with van der Waals surface area (Å²) in [7, 11) is 0. The van der Waals surface area contributed by atoms with Crippen LogP contribution in [0.4, 0.5) is 0 Å². The maximum absolute atomic E-state index is 13.4. The topological polar surface area (TPSA) is 76.5 Å². The number of likely N-dealkylation sites (tertiary alicyclic amines) is 1. The second kappa shape index (κ2) is 10.2. The molecule has 0 saturated carbocycles. The maximum atomic E-state index is 13.4. The highest BCUT2D eigenvalue weighted by Gasteiger charge is 2.38. The summed E-state index contributed by atoms with van der Waals surface area (Å²) in [6.07, 6.45) is 7.75. The number of ether oxygens (including phenoxy) is 1. The molecule has 2 aliphatic heterocycles. The molecule has 3 heterocycles. The SMILES string of the molecule is CCn1cc(C(=O)N2CCCC3(CCCCCOc4ccc(Cl)cc4C(=O)NC3)C2)c(C)n1. The Bertz CT molecular complexity index is 1020. The molecule has 2 aromatic rings. The van der Waals surface area contributed by atoms with E-state index < -0.39 is 0 Å². The first-order valence-corrected chi connectivity index (χ1v) is 12.3. The molecule has 7 nitrogen and oxygen atoms in total. The van der Waals surface area contributed by atoms with E-state index in [4.69, 9.17) is 16.3 Å². The highest BCUT2D eigenvalue weighted by atomic mass is 35.5. The Morgan fingerprint density at radius 3 is 2.85 bits per heavy atom. The highest BCUT2D eigenvalue weighted by molar-refractivity contribution is 6.31. The predicted molar refractivity (Wildman–Crippen MR) is 128 cm³/mol. The summed E-state index contributed by atoms with van der Waals surface area (Å²) in [5, 5.41) is 8.09. The van der Waals surface area contributed by atoms with Crippen LogP contribution in [0.3, 0.4) is 0 Å². The molecule has 0 bridgehead atoms. The number of halogens is 1. The van der Waals surface area contributed by atoms with E-state index in [0.29, 0.717) is 41.6 Å². The summed E-state index contributed by atoms with van der Waals surface area (Å²) in [5.74, 6) is 0.417. The molecule has 1 spiro atoms. The van der Waals surface area contributed by atoms with Crippen LogP contribution in [0.15, 0.2) is 24.4 Å². The zero-order valence-electron chi connectivity index (χ0n) is 19.5. The van der Waals surface area contributed by atoms with Gasteiger partial charge in [-0.3, -0.25) is 14.3 Å². The van der Waals surface area contributed by atoms with Crippen LogP contribution in [0.1, 0.15) is 71.9 Å². The van der Waals surface area contributed by atoms with Gasteiger partial charge in [0.05, 0.1) is 23.4 Å². The van der Waals surface area contributed by atoms with Crippen molar-refractivity contribution in [1.29, 1.82) is 0 Å². The maximum Gasteiger partial charge on any atom is 0.257 e. The fourth-order valence-electron chi connectivity index (χ4n) is 5.01. The normalized spacial score (nSPS) is 22.0. The van der Waals surface area contributed by atoms with Crippen LogP contribution in [-0.2, 0) is 6.54 Å². The van der Waals surface area contributed by atoms with E-state index in [2.05, 4.69) is 10.4 Å². The van der Waals surface area contributed by atoms with Crippen molar-refractivity contribution in [2.45, 2.75) is 58.9 Å². The molecule has 1 aromatic heterocycles. The van der Waals surface area contributed by atoms with Gasteiger partial charge in [0.25, 0.3) is 11.8 Å². The summed E-state index contributed by atoms with van der Waals surface area (Å²) >= 11 is 6.16. The highest BCUT2D eigenvalue weighted by Crippen LogP contribution is 2.36. The first-order chi connectivity index (χ1) is 15.9. The Kier molecular flexibility index (Phi) is 7.27. The number of carbonyl (C=O) groups excluding carboxylic acids is 2. The lowest BCUT2D eigenvalue weighted by atomic mass is 9.75. The van der Waals surface area contributed by atoms with E-state index in [9.17, 15) is 9.59 Å². The van der Waals surface area contributed by atoms with Crippen LogP contribution in [0.5, 0.6) is 5.75 Å². The largest absolute Gasteiger partial charge is 0.493 e. The standard InChI is InChI=1S/C25H33ClN4O3/c1-3-30-15-21(18(2)28-30)24(32)29-12-7-11-25(17-29)10-5-4-6-13-33-22-9-8-19(26)14-20(22)23(31)27-16-25/h8-9,14-15H,3-7,10-13,16-17H2,1-2H3,(H,27,31). The van der Waals surface area contributed by atoms with Crippen molar-refractivity contribution in [2.24, 2.45) is 5.41 Å².